The van der Waals surface area contributed by atoms with Crippen LogP contribution in [0.15, 0.2) is 12.1 Å². The fraction of sp³-hybridized carbons (Fsp3) is 0.625. The SMILES string of the molecule is COC(=O)c1ccc(CNC(C)(C)CNC(=O)OC(C)(C)C)[nH]1. The number of hydrogen-bond donors (Lipinski definition) is 3. The molecule has 7 nitrogen and oxygen atoms in total. The summed E-state index contributed by atoms with van der Waals surface area (Å²) in [7, 11) is 1.34. The Kier molecular flexibility index (Phi) is 6.20. The summed E-state index contributed by atoms with van der Waals surface area (Å²) >= 11 is 0. The van der Waals surface area contributed by atoms with E-state index in [4.69, 9.17) is 4.74 Å². The van der Waals surface area contributed by atoms with E-state index in [0.29, 0.717) is 18.8 Å². The van der Waals surface area contributed by atoms with Crippen LogP contribution in [0.2, 0.25) is 0 Å². The Bertz CT molecular complexity index is 544. The lowest BCUT2D eigenvalue weighted by molar-refractivity contribution is 0.0512. The Morgan fingerprint density at radius 1 is 1.17 bits per heavy atom. The zero-order valence-electron chi connectivity index (χ0n) is 14.7. The van der Waals surface area contributed by atoms with Crippen LogP contribution >= 0.6 is 0 Å². The zero-order valence-corrected chi connectivity index (χ0v) is 14.7. The second kappa shape index (κ2) is 7.50. The van der Waals surface area contributed by atoms with Crippen molar-refractivity contribution >= 4 is 12.1 Å². The lowest BCUT2D eigenvalue weighted by Gasteiger charge is -2.27. The normalized spacial score (nSPS) is 11.9. The number of carbonyl (C=O) groups is 2. The monoisotopic (exact) mass is 325 g/mol. The number of aromatic amines is 1. The highest BCUT2D eigenvalue weighted by Crippen LogP contribution is 2.09. The largest absolute Gasteiger partial charge is 0.464 e. The summed E-state index contributed by atoms with van der Waals surface area (Å²) in [6.45, 7) is 10.3. The molecule has 0 fully saturated rings. The van der Waals surface area contributed by atoms with Crippen LogP contribution in [0.1, 0.15) is 50.8 Å². The first-order valence-electron chi connectivity index (χ1n) is 7.50. The van der Waals surface area contributed by atoms with Crippen molar-refractivity contribution in [2.45, 2.75) is 52.3 Å². The zero-order chi connectivity index (χ0) is 17.7. The van der Waals surface area contributed by atoms with Gasteiger partial charge in [-0.15, -0.1) is 0 Å². The summed E-state index contributed by atoms with van der Waals surface area (Å²) in [4.78, 5) is 26.0. The van der Waals surface area contributed by atoms with Crippen LogP contribution in [-0.4, -0.2) is 41.8 Å². The third-order valence-electron chi connectivity index (χ3n) is 2.98. The van der Waals surface area contributed by atoms with Crippen molar-refractivity contribution in [3.63, 3.8) is 0 Å². The predicted octanol–water partition coefficient (Wildman–Crippen LogP) is 2.19. The van der Waals surface area contributed by atoms with Crippen LogP contribution in [0.25, 0.3) is 0 Å². The number of ether oxygens (including phenoxy) is 2. The number of methoxy groups -OCH3 is 1. The van der Waals surface area contributed by atoms with E-state index in [-0.39, 0.29) is 5.54 Å². The number of amides is 1. The molecule has 130 valence electrons. The number of H-pyrrole nitrogens is 1. The first-order chi connectivity index (χ1) is 10.5. The molecule has 23 heavy (non-hydrogen) atoms. The molecule has 7 heteroatoms. The summed E-state index contributed by atoms with van der Waals surface area (Å²) in [6, 6.07) is 3.49. The van der Waals surface area contributed by atoms with E-state index < -0.39 is 17.7 Å². The Balaban J connectivity index is 2.44. The Morgan fingerprint density at radius 2 is 1.83 bits per heavy atom. The van der Waals surface area contributed by atoms with E-state index in [2.05, 4.69) is 20.4 Å². The minimum absolute atomic E-state index is 0.340. The number of rotatable bonds is 6. The number of alkyl carbamates (subject to hydrolysis) is 1. The van der Waals surface area contributed by atoms with Crippen molar-refractivity contribution in [1.29, 1.82) is 0 Å². The molecule has 0 unspecified atom stereocenters. The quantitative estimate of drug-likeness (QED) is 0.697. The molecule has 0 aliphatic rings. The van der Waals surface area contributed by atoms with Crippen LogP contribution < -0.4 is 10.6 Å². The highest BCUT2D eigenvalue weighted by atomic mass is 16.6. The molecule has 1 amide bonds. The van der Waals surface area contributed by atoms with Crippen molar-refractivity contribution in [2.75, 3.05) is 13.7 Å². The summed E-state index contributed by atoms with van der Waals surface area (Å²) in [5.41, 5.74) is 0.411. The molecule has 1 aromatic rings. The van der Waals surface area contributed by atoms with Gasteiger partial charge in [0.1, 0.15) is 11.3 Å². The minimum Gasteiger partial charge on any atom is -0.464 e. The molecule has 3 N–H and O–H groups in total. The molecule has 0 aliphatic carbocycles. The number of hydrogen-bond acceptors (Lipinski definition) is 5. The van der Waals surface area contributed by atoms with Crippen LogP contribution in [0, 0.1) is 0 Å². The first kappa shape index (κ1) is 19.0. The van der Waals surface area contributed by atoms with Crippen molar-refractivity contribution in [2.24, 2.45) is 0 Å². The van der Waals surface area contributed by atoms with Crippen LogP contribution in [-0.2, 0) is 16.0 Å². The molecule has 0 aromatic carbocycles. The standard InChI is InChI=1S/C16H27N3O4/c1-15(2,3)23-14(21)17-10-16(4,5)18-9-11-7-8-12(19-11)13(20)22-6/h7-8,18-19H,9-10H2,1-6H3,(H,17,21). The maximum atomic E-state index is 11.7. The maximum Gasteiger partial charge on any atom is 0.407 e. The van der Waals surface area contributed by atoms with Gasteiger partial charge < -0.3 is 25.1 Å². The summed E-state index contributed by atoms with van der Waals surface area (Å²) < 4.78 is 9.85. The van der Waals surface area contributed by atoms with Gasteiger partial charge in [0.25, 0.3) is 0 Å². The average molecular weight is 325 g/mol. The molecule has 0 bridgehead atoms. The topological polar surface area (TPSA) is 92.5 Å². The van der Waals surface area contributed by atoms with Gasteiger partial charge in [0.05, 0.1) is 7.11 Å². The summed E-state index contributed by atoms with van der Waals surface area (Å²) in [5.74, 6) is -0.401. The van der Waals surface area contributed by atoms with Crippen LogP contribution in [0.3, 0.4) is 0 Å². The van der Waals surface area contributed by atoms with Crippen molar-refractivity contribution < 1.29 is 19.1 Å². The number of esters is 1. The Morgan fingerprint density at radius 3 is 2.39 bits per heavy atom. The highest BCUT2D eigenvalue weighted by Gasteiger charge is 2.21. The lowest BCUT2D eigenvalue weighted by Crippen LogP contribution is -2.49. The van der Waals surface area contributed by atoms with Crippen LogP contribution in [0.4, 0.5) is 4.79 Å². The van der Waals surface area contributed by atoms with Crippen LogP contribution in [0.5, 0.6) is 0 Å². The van der Waals surface area contributed by atoms with E-state index in [9.17, 15) is 9.59 Å². The van der Waals surface area contributed by atoms with Crippen molar-refractivity contribution in [3.05, 3.63) is 23.5 Å². The molecular formula is C16H27N3O4. The number of aromatic nitrogens is 1. The molecular weight excluding hydrogens is 298 g/mol. The first-order valence-corrected chi connectivity index (χ1v) is 7.50. The molecule has 1 aromatic heterocycles. The van der Waals surface area contributed by atoms with Gasteiger partial charge in [0, 0.05) is 24.3 Å². The fourth-order valence-corrected chi connectivity index (χ4v) is 1.78. The second-order valence-corrected chi connectivity index (χ2v) is 6.98. The second-order valence-electron chi connectivity index (χ2n) is 6.98. The van der Waals surface area contributed by atoms with Gasteiger partial charge in [-0.25, -0.2) is 9.59 Å². The van der Waals surface area contributed by atoms with Gasteiger partial charge in [-0.1, -0.05) is 0 Å². The predicted molar refractivity (Wildman–Crippen MR) is 87.3 cm³/mol. The van der Waals surface area contributed by atoms with Gasteiger partial charge in [-0.3, -0.25) is 0 Å². The van der Waals surface area contributed by atoms with E-state index in [1.165, 1.54) is 7.11 Å². The minimum atomic E-state index is -0.518. The summed E-state index contributed by atoms with van der Waals surface area (Å²) in [5, 5.41) is 6.05. The highest BCUT2D eigenvalue weighted by molar-refractivity contribution is 5.87. The summed E-state index contributed by atoms with van der Waals surface area (Å²) in [6.07, 6.45) is -0.444. The molecule has 0 saturated carbocycles. The van der Waals surface area contributed by atoms with E-state index >= 15 is 0 Å². The van der Waals surface area contributed by atoms with E-state index in [0.717, 1.165) is 5.69 Å². The molecule has 1 heterocycles. The average Bonchev–Trinajstić information content (AvgIpc) is 2.89. The third kappa shape index (κ3) is 7.19. The Labute approximate surface area is 137 Å². The van der Waals surface area contributed by atoms with E-state index in [1.807, 2.05) is 40.7 Å². The van der Waals surface area contributed by atoms with E-state index in [1.54, 1.807) is 6.07 Å². The molecule has 1 rings (SSSR count). The van der Waals surface area contributed by atoms with Gasteiger partial charge in [-0.05, 0) is 46.8 Å². The fourth-order valence-electron chi connectivity index (χ4n) is 1.78. The van der Waals surface area contributed by atoms with Gasteiger partial charge in [0.15, 0.2) is 0 Å². The number of nitrogens with one attached hydrogen (secondary N) is 3. The molecule has 0 aliphatic heterocycles. The Hall–Kier alpha value is -2.02. The number of carbonyl (C=O) groups excluding carboxylic acids is 2. The van der Waals surface area contributed by atoms with Crippen molar-refractivity contribution in [1.82, 2.24) is 15.6 Å². The molecule has 0 radical (unpaired) electrons. The maximum absolute atomic E-state index is 11.7. The molecule has 0 atom stereocenters. The van der Waals surface area contributed by atoms with Gasteiger partial charge in [0.2, 0.25) is 0 Å². The van der Waals surface area contributed by atoms with Crippen molar-refractivity contribution in [3.8, 4) is 0 Å². The molecule has 0 spiro atoms. The molecule has 0 saturated heterocycles. The third-order valence-corrected chi connectivity index (χ3v) is 2.98. The lowest BCUT2D eigenvalue weighted by atomic mass is 10.1. The van der Waals surface area contributed by atoms with Gasteiger partial charge >= 0.3 is 12.1 Å². The van der Waals surface area contributed by atoms with Gasteiger partial charge in [-0.2, -0.15) is 0 Å². The smallest absolute Gasteiger partial charge is 0.407 e.